The average Bonchev–Trinajstić information content (AvgIpc) is 2.90. The highest BCUT2D eigenvalue weighted by Crippen LogP contribution is 2.22. The van der Waals surface area contributed by atoms with Gasteiger partial charge in [-0.3, -0.25) is 4.98 Å². The molecule has 3 aromatic heterocycles. The molecule has 0 saturated carbocycles. The van der Waals surface area contributed by atoms with Gasteiger partial charge in [-0.1, -0.05) is 19.4 Å². The molecule has 23 heavy (non-hydrogen) atoms. The third-order valence-electron chi connectivity index (χ3n) is 3.82. The van der Waals surface area contributed by atoms with Gasteiger partial charge in [0.15, 0.2) is 5.82 Å². The Kier molecular flexibility index (Phi) is 4.55. The molecule has 0 saturated heterocycles. The van der Waals surface area contributed by atoms with Crippen molar-refractivity contribution in [2.24, 2.45) is 0 Å². The van der Waals surface area contributed by atoms with E-state index in [4.69, 9.17) is 0 Å². The summed E-state index contributed by atoms with van der Waals surface area (Å²) >= 11 is 0. The topological polar surface area (TPSA) is 55.6 Å². The van der Waals surface area contributed by atoms with Crippen LogP contribution in [0.1, 0.15) is 37.0 Å². The first-order valence-electron chi connectivity index (χ1n) is 8.17. The summed E-state index contributed by atoms with van der Waals surface area (Å²) in [5, 5.41) is 3.46. The second-order valence-electron chi connectivity index (χ2n) is 5.85. The third kappa shape index (κ3) is 3.50. The molecule has 0 aromatic carbocycles. The van der Waals surface area contributed by atoms with E-state index in [0.717, 1.165) is 60.0 Å². The standard InChI is InChI=1S/C18H23N5/c1-4-5-10-19-18-17-16(21-14(3)22-18)9-11-23(17)12-15-8-6-7-13(2)20-15/h6-9,11H,4-5,10,12H2,1-3H3,(H,19,21,22). The second kappa shape index (κ2) is 6.77. The van der Waals surface area contributed by atoms with Crippen molar-refractivity contribution in [2.45, 2.75) is 40.2 Å². The van der Waals surface area contributed by atoms with Gasteiger partial charge in [0.2, 0.25) is 0 Å². The molecule has 5 heteroatoms. The van der Waals surface area contributed by atoms with Crippen molar-refractivity contribution in [1.29, 1.82) is 0 Å². The molecule has 0 bridgehead atoms. The van der Waals surface area contributed by atoms with Gasteiger partial charge < -0.3 is 9.88 Å². The Labute approximate surface area is 136 Å². The Morgan fingerprint density at radius 1 is 1.09 bits per heavy atom. The molecule has 0 amide bonds. The fourth-order valence-electron chi connectivity index (χ4n) is 2.72. The summed E-state index contributed by atoms with van der Waals surface area (Å²) in [4.78, 5) is 13.7. The molecule has 0 spiro atoms. The monoisotopic (exact) mass is 309 g/mol. The minimum absolute atomic E-state index is 0.722. The Morgan fingerprint density at radius 3 is 2.74 bits per heavy atom. The van der Waals surface area contributed by atoms with Crippen molar-refractivity contribution in [3.8, 4) is 0 Å². The SMILES string of the molecule is CCCCNc1nc(C)nc2ccn(Cc3cccc(C)n3)c12. The molecule has 0 aliphatic rings. The van der Waals surface area contributed by atoms with Crippen molar-refractivity contribution in [3.63, 3.8) is 0 Å². The predicted octanol–water partition coefficient (Wildman–Crippen LogP) is 3.70. The number of unbranched alkanes of at least 4 members (excludes halogenated alkanes) is 1. The number of nitrogens with zero attached hydrogens (tertiary/aromatic N) is 4. The van der Waals surface area contributed by atoms with E-state index in [1.54, 1.807) is 0 Å². The normalized spacial score (nSPS) is 11.1. The van der Waals surface area contributed by atoms with Crippen LogP contribution in [0.2, 0.25) is 0 Å². The van der Waals surface area contributed by atoms with Crippen LogP contribution < -0.4 is 5.32 Å². The van der Waals surface area contributed by atoms with E-state index >= 15 is 0 Å². The molecule has 0 aliphatic carbocycles. The molecule has 3 aromatic rings. The van der Waals surface area contributed by atoms with Crippen LogP contribution in [0.3, 0.4) is 0 Å². The van der Waals surface area contributed by atoms with Crippen molar-refractivity contribution < 1.29 is 0 Å². The highest BCUT2D eigenvalue weighted by atomic mass is 15.1. The summed E-state index contributed by atoms with van der Waals surface area (Å²) in [6.45, 7) is 7.79. The Balaban J connectivity index is 1.97. The first-order chi connectivity index (χ1) is 11.2. The van der Waals surface area contributed by atoms with E-state index in [0.29, 0.717) is 0 Å². The van der Waals surface area contributed by atoms with E-state index in [2.05, 4.69) is 44.0 Å². The van der Waals surface area contributed by atoms with Crippen molar-refractivity contribution in [1.82, 2.24) is 19.5 Å². The quantitative estimate of drug-likeness (QED) is 0.705. The largest absolute Gasteiger partial charge is 0.368 e. The van der Waals surface area contributed by atoms with Gasteiger partial charge in [-0.2, -0.15) is 0 Å². The first-order valence-corrected chi connectivity index (χ1v) is 8.17. The number of rotatable bonds is 6. The van der Waals surface area contributed by atoms with Gasteiger partial charge in [-0.25, -0.2) is 9.97 Å². The number of nitrogens with one attached hydrogen (secondary N) is 1. The van der Waals surface area contributed by atoms with E-state index in [1.165, 1.54) is 0 Å². The lowest BCUT2D eigenvalue weighted by Crippen LogP contribution is -2.08. The summed E-state index contributed by atoms with van der Waals surface area (Å²) < 4.78 is 2.17. The summed E-state index contributed by atoms with van der Waals surface area (Å²) in [6.07, 6.45) is 4.35. The maximum Gasteiger partial charge on any atom is 0.154 e. The molecule has 3 rings (SSSR count). The van der Waals surface area contributed by atoms with Crippen molar-refractivity contribution in [3.05, 3.63) is 47.7 Å². The minimum atomic E-state index is 0.722. The lowest BCUT2D eigenvalue weighted by atomic mass is 10.3. The van der Waals surface area contributed by atoms with Gasteiger partial charge in [0.05, 0.1) is 17.8 Å². The number of aryl methyl sites for hydroxylation is 2. The van der Waals surface area contributed by atoms with Gasteiger partial charge >= 0.3 is 0 Å². The van der Waals surface area contributed by atoms with E-state index < -0.39 is 0 Å². The summed E-state index contributed by atoms with van der Waals surface area (Å²) in [7, 11) is 0. The molecule has 0 radical (unpaired) electrons. The van der Waals surface area contributed by atoms with Crippen molar-refractivity contribution in [2.75, 3.05) is 11.9 Å². The fourth-order valence-corrected chi connectivity index (χ4v) is 2.72. The van der Waals surface area contributed by atoms with E-state index in [9.17, 15) is 0 Å². The zero-order chi connectivity index (χ0) is 16.2. The maximum atomic E-state index is 4.60. The summed E-state index contributed by atoms with van der Waals surface area (Å²) in [6, 6.07) is 8.16. The number of hydrogen-bond acceptors (Lipinski definition) is 4. The summed E-state index contributed by atoms with van der Waals surface area (Å²) in [5.41, 5.74) is 4.11. The molecule has 120 valence electrons. The van der Waals surface area contributed by atoms with Crippen LogP contribution in [0.15, 0.2) is 30.5 Å². The first kappa shape index (κ1) is 15.5. The van der Waals surface area contributed by atoms with Gasteiger partial charge in [-0.05, 0) is 38.5 Å². The average molecular weight is 309 g/mol. The summed E-state index contributed by atoms with van der Waals surface area (Å²) in [5.74, 6) is 1.71. The van der Waals surface area contributed by atoms with Gasteiger partial charge in [0, 0.05) is 18.4 Å². The van der Waals surface area contributed by atoms with Crippen LogP contribution in [-0.2, 0) is 6.54 Å². The van der Waals surface area contributed by atoms with Crippen LogP contribution in [0.5, 0.6) is 0 Å². The minimum Gasteiger partial charge on any atom is -0.368 e. The van der Waals surface area contributed by atoms with Crippen molar-refractivity contribution >= 4 is 16.9 Å². The maximum absolute atomic E-state index is 4.60. The molecule has 0 unspecified atom stereocenters. The molecule has 0 atom stereocenters. The van der Waals surface area contributed by atoms with Crippen LogP contribution in [0.4, 0.5) is 5.82 Å². The van der Waals surface area contributed by atoms with Crippen LogP contribution in [0, 0.1) is 13.8 Å². The zero-order valence-corrected chi connectivity index (χ0v) is 14.0. The van der Waals surface area contributed by atoms with E-state index in [1.807, 2.05) is 32.0 Å². The highest BCUT2D eigenvalue weighted by Gasteiger charge is 2.11. The van der Waals surface area contributed by atoms with Crippen LogP contribution in [-0.4, -0.2) is 26.1 Å². The van der Waals surface area contributed by atoms with Gasteiger partial charge in [-0.15, -0.1) is 0 Å². The molecule has 3 heterocycles. The predicted molar refractivity (Wildman–Crippen MR) is 93.7 cm³/mol. The van der Waals surface area contributed by atoms with E-state index in [-0.39, 0.29) is 0 Å². The molecular weight excluding hydrogens is 286 g/mol. The second-order valence-corrected chi connectivity index (χ2v) is 5.85. The molecular formula is C18H23N5. The van der Waals surface area contributed by atoms with Gasteiger partial charge in [0.1, 0.15) is 11.3 Å². The molecule has 1 N–H and O–H groups in total. The number of pyridine rings is 1. The Bertz CT molecular complexity index is 806. The Hall–Kier alpha value is -2.43. The lowest BCUT2D eigenvalue weighted by molar-refractivity contribution is 0.796. The fraction of sp³-hybridized carbons (Fsp3) is 0.389. The molecule has 0 aliphatic heterocycles. The number of hydrogen-bond donors (Lipinski definition) is 1. The van der Waals surface area contributed by atoms with Gasteiger partial charge in [0.25, 0.3) is 0 Å². The highest BCUT2D eigenvalue weighted by molar-refractivity contribution is 5.86. The molecule has 5 nitrogen and oxygen atoms in total. The smallest absolute Gasteiger partial charge is 0.154 e. The van der Waals surface area contributed by atoms with Crippen LogP contribution in [0.25, 0.3) is 11.0 Å². The molecule has 0 fully saturated rings. The number of aromatic nitrogens is 4. The number of fused-ring (bicyclic) bond motifs is 1. The van der Waals surface area contributed by atoms with Crippen LogP contribution >= 0.6 is 0 Å². The Morgan fingerprint density at radius 2 is 1.96 bits per heavy atom. The lowest BCUT2D eigenvalue weighted by Gasteiger charge is -2.11. The zero-order valence-electron chi connectivity index (χ0n) is 14.0. The third-order valence-corrected chi connectivity index (χ3v) is 3.82. The number of anilines is 1.